The number of anilines is 1. The number of amides is 1. The van der Waals surface area contributed by atoms with Gasteiger partial charge in [0.2, 0.25) is 5.91 Å². The molecule has 0 fully saturated rings. The van der Waals surface area contributed by atoms with E-state index in [1.54, 1.807) is 24.3 Å². The minimum atomic E-state index is -1.43. The molecule has 0 saturated heterocycles. The van der Waals surface area contributed by atoms with Crippen LogP contribution >= 0.6 is 15.9 Å². The van der Waals surface area contributed by atoms with E-state index in [4.69, 9.17) is 0 Å². The van der Waals surface area contributed by atoms with Gasteiger partial charge in [0.25, 0.3) is 0 Å². The Morgan fingerprint density at radius 2 is 1.70 bits per heavy atom. The summed E-state index contributed by atoms with van der Waals surface area (Å²) in [6, 6.07) is 14.5. The summed E-state index contributed by atoms with van der Waals surface area (Å²) in [7, 11) is 0. The lowest BCUT2D eigenvalue weighted by Crippen LogP contribution is -2.20. The highest BCUT2D eigenvalue weighted by molar-refractivity contribution is 9.10. The standard InChI is InChI=1S/C18H12BrNO3/c19-15-9-6-13(7-10-15)5-8-14-3-1-2-4-16(14)20-17(21)11-12-18(22)23/h1-4,6-7,9-12H,(H,20,21)(H,22,23)/p-1/b12-11-. The summed E-state index contributed by atoms with van der Waals surface area (Å²) < 4.78 is 0.968. The van der Waals surface area contributed by atoms with E-state index in [9.17, 15) is 14.7 Å². The molecule has 1 N–H and O–H groups in total. The molecule has 0 saturated carbocycles. The first-order valence-corrected chi connectivity index (χ1v) is 7.40. The number of hydrogen-bond donors (Lipinski definition) is 1. The van der Waals surface area contributed by atoms with Gasteiger partial charge in [-0.25, -0.2) is 0 Å². The zero-order valence-corrected chi connectivity index (χ0v) is 13.5. The quantitative estimate of drug-likeness (QED) is 0.666. The molecule has 2 rings (SSSR count). The van der Waals surface area contributed by atoms with Crippen molar-refractivity contribution in [1.82, 2.24) is 0 Å². The molecule has 2 aromatic rings. The second-order valence-corrected chi connectivity index (χ2v) is 5.36. The minimum Gasteiger partial charge on any atom is -0.545 e. The third-order valence-electron chi connectivity index (χ3n) is 2.74. The highest BCUT2D eigenvalue weighted by Gasteiger charge is 2.02. The van der Waals surface area contributed by atoms with Gasteiger partial charge < -0.3 is 15.2 Å². The zero-order valence-electron chi connectivity index (χ0n) is 11.9. The number of hydrogen-bond acceptors (Lipinski definition) is 3. The molecule has 0 aromatic heterocycles. The smallest absolute Gasteiger partial charge is 0.248 e. The maximum atomic E-state index is 11.6. The molecule has 0 unspecified atom stereocenters. The zero-order chi connectivity index (χ0) is 16.7. The minimum absolute atomic E-state index is 0.505. The number of carboxylic acids is 1. The largest absolute Gasteiger partial charge is 0.545 e. The summed E-state index contributed by atoms with van der Waals surface area (Å²) in [6.07, 6.45) is 1.57. The van der Waals surface area contributed by atoms with Crippen molar-refractivity contribution in [2.75, 3.05) is 5.32 Å². The van der Waals surface area contributed by atoms with E-state index in [1.165, 1.54) is 0 Å². The molecule has 0 aliphatic rings. The molecule has 4 nitrogen and oxygen atoms in total. The number of nitrogens with one attached hydrogen (secondary N) is 1. The molecule has 5 heteroatoms. The van der Waals surface area contributed by atoms with Gasteiger partial charge in [-0.2, -0.15) is 0 Å². The number of carbonyl (C=O) groups is 2. The molecular formula is C18H11BrNO3-. The Labute approximate surface area is 142 Å². The van der Waals surface area contributed by atoms with Crippen molar-refractivity contribution < 1.29 is 14.7 Å². The van der Waals surface area contributed by atoms with Crippen LogP contribution in [-0.2, 0) is 9.59 Å². The van der Waals surface area contributed by atoms with E-state index in [-0.39, 0.29) is 0 Å². The van der Waals surface area contributed by atoms with Crippen LogP contribution in [0, 0.1) is 11.8 Å². The van der Waals surface area contributed by atoms with Crippen molar-refractivity contribution in [2.24, 2.45) is 0 Å². The molecule has 0 heterocycles. The molecule has 0 aliphatic heterocycles. The van der Waals surface area contributed by atoms with Crippen LogP contribution in [0.4, 0.5) is 5.69 Å². The first-order chi connectivity index (χ1) is 11.0. The van der Waals surface area contributed by atoms with Crippen LogP contribution in [0.25, 0.3) is 0 Å². The van der Waals surface area contributed by atoms with Crippen LogP contribution in [0.2, 0.25) is 0 Å². The van der Waals surface area contributed by atoms with Gasteiger partial charge in [0.1, 0.15) is 0 Å². The molecule has 1 amide bonds. The van der Waals surface area contributed by atoms with Crippen molar-refractivity contribution in [1.29, 1.82) is 0 Å². The van der Waals surface area contributed by atoms with E-state index in [0.29, 0.717) is 17.3 Å². The van der Waals surface area contributed by atoms with Crippen molar-refractivity contribution >= 4 is 33.5 Å². The third-order valence-corrected chi connectivity index (χ3v) is 3.27. The maximum absolute atomic E-state index is 11.6. The van der Waals surface area contributed by atoms with E-state index in [1.807, 2.05) is 24.3 Å². The Kier molecular flexibility index (Phi) is 5.73. The van der Waals surface area contributed by atoms with Gasteiger partial charge in [0.05, 0.1) is 11.7 Å². The van der Waals surface area contributed by atoms with Gasteiger partial charge in [-0.1, -0.05) is 39.9 Å². The van der Waals surface area contributed by atoms with Crippen LogP contribution in [0.1, 0.15) is 11.1 Å². The van der Waals surface area contributed by atoms with E-state index in [2.05, 4.69) is 33.1 Å². The summed E-state index contributed by atoms with van der Waals surface area (Å²) in [5.74, 6) is 4.00. The fraction of sp³-hybridized carbons (Fsp3) is 0. The Bertz CT molecular complexity index is 814. The second kappa shape index (κ2) is 7.97. The van der Waals surface area contributed by atoms with Gasteiger partial charge in [0.15, 0.2) is 0 Å². The lowest BCUT2D eigenvalue weighted by molar-refractivity contribution is -0.297. The van der Waals surface area contributed by atoms with Crippen molar-refractivity contribution in [3.8, 4) is 11.8 Å². The first-order valence-electron chi connectivity index (χ1n) is 6.61. The molecular weight excluding hydrogens is 358 g/mol. The molecule has 0 spiro atoms. The van der Waals surface area contributed by atoms with Gasteiger partial charge in [0, 0.05) is 21.7 Å². The molecule has 23 heavy (non-hydrogen) atoms. The van der Waals surface area contributed by atoms with Crippen LogP contribution < -0.4 is 10.4 Å². The highest BCUT2D eigenvalue weighted by atomic mass is 79.9. The fourth-order valence-corrected chi connectivity index (χ4v) is 1.96. The average Bonchev–Trinajstić information content (AvgIpc) is 2.53. The van der Waals surface area contributed by atoms with Crippen molar-refractivity contribution in [3.05, 3.63) is 76.3 Å². The summed E-state index contributed by atoms with van der Waals surface area (Å²) >= 11 is 3.36. The summed E-state index contributed by atoms with van der Waals surface area (Å²) in [5.41, 5.74) is 1.97. The molecule has 0 bridgehead atoms. The van der Waals surface area contributed by atoms with E-state index < -0.39 is 11.9 Å². The van der Waals surface area contributed by atoms with Crippen molar-refractivity contribution in [2.45, 2.75) is 0 Å². The average molecular weight is 369 g/mol. The molecule has 2 aromatic carbocycles. The monoisotopic (exact) mass is 368 g/mol. The number of benzene rings is 2. The molecule has 0 radical (unpaired) electrons. The molecule has 0 aliphatic carbocycles. The summed E-state index contributed by atoms with van der Waals surface area (Å²) in [5, 5.41) is 12.9. The Balaban J connectivity index is 2.19. The highest BCUT2D eigenvalue weighted by Crippen LogP contribution is 2.14. The van der Waals surface area contributed by atoms with Crippen molar-refractivity contribution in [3.63, 3.8) is 0 Å². The summed E-state index contributed by atoms with van der Waals surface area (Å²) in [4.78, 5) is 21.9. The first kappa shape index (κ1) is 16.5. The van der Waals surface area contributed by atoms with Crippen LogP contribution in [0.15, 0.2) is 65.2 Å². The predicted octanol–water partition coefficient (Wildman–Crippen LogP) is 2.09. The number of halogens is 1. The Hall–Kier alpha value is -2.84. The number of rotatable bonds is 3. The SMILES string of the molecule is O=C([O-])/C=C\C(=O)Nc1ccccc1C#Cc1ccc(Br)cc1. The second-order valence-electron chi connectivity index (χ2n) is 4.44. The van der Waals surface area contributed by atoms with Gasteiger partial charge in [-0.05, 0) is 42.5 Å². The number of carbonyl (C=O) groups excluding carboxylic acids is 2. The number of aliphatic carboxylic acids is 1. The number of para-hydroxylation sites is 1. The van der Waals surface area contributed by atoms with Gasteiger partial charge >= 0.3 is 0 Å². The Morgan fingerprint density at radius 1 is 1.00 bits per heavy atom. The van der Waals surface area contributed by atoms with Gasteiger partial charge in [-0.3, -0.25) is 4.79 Å². The van der Waals surface area contributed by atoms with Crippen LogP contribution in [0.5, 0.6) is 0 Å². The third kappa shape index (κ3) is 5.46. The fourth-order valence-electron chi connectivity index (χ4n) is 1.69. The number of carboxylic acid groups (broad SMARTS) is 1. The van der Waals surface area contributed by atoms with Gasteiger partial charge in [-0.15, -0.1) is 0 Å². The molecule has 114 valence electrons. The predicted molar refractivity (Wildman–Crippen MR) is 89.3 cm³/mol. The lowest BCUT2D eigenvalue weighted by atomic mass is 10.1. The van der Waals surface area contributed by atoms with E-state index >= 15 is 0 Å². The topological polar surface area (TPSA) is 69.2 Å². The summed E-state index contributed by atoms with van der Waals surface area (Å²) in [6.45, 7) is 0. The van der Waals surface area contributed by atoms with Crippen LogP contribution in [-0.4, -0.2) is 11.9 Å². The maximum Gasteiger partial charge on any atom is 0.248 e. The lowest BCUT2D eigenvalue weighted by Gasteiger charge is -2.04. The Morgan fingerprint density at radius 3 is 2.39 bits per heavy atom. The van der Waals surface area contributed by atoms with Crippen LogP contribution in [0.3, 0.4) is 0 Å². The molecule has 0 atom stereocenters. The van der Waals surface area contributed by atoms with E-state index in [0.717, 1.165) is 16.1 Å². The normalized spacial score (nSPS) is 9.96.